The summed E-state index contributed by atoms with van der Waals surface area (Å²) in [4.78, 5) is 2.58. The van der Waals surface area contributed by atoms with Crippen molar-refractivity contribution in [2.75, 3.05) is 11.4 Å². The van der Waals surface area contributed by atoms with E-state index in [1.54, 1.807) is 0 Å². The molecule has 0 aromatic heterocycles. The first-order valence-corrected chi connectivity index (χ1v) is 8.55. The van der Waals surface area contributed by atoms with Crippen molar-refractivity contribution in [3.05, 3.63) is 28.2 Å². The van der Waals surface area contributed by atoms with Gasteiger partial charge in [-0.25, -0.2) is 0 Å². The van der Waals surface area contributed by atoms with Gasteiger partial charge in [-0.3, -0.25) is 0 Å². The second-order valence-electron chi connectivity index (χ2n) is 5.62. The SMILES string of the molecule is CC1CC(C)C(C)N(c2cc(Br)ccc2CBr)C1. The quantitative estimate of drug-likeness (QED) is 0.641. The zero-order chi connectivity index (χ0) is 13.3. The highest BCUT2D eigenvalue weighted by molar-refractivity contribution is 9.10. The second kappa shape index (κ2) is 5.96. The van der Waals surface area contributed by atoms with E-state index in [0.717, 1.165) is 17.2 Å². The molecule has 3 atom stereocenters. The summed E-state index contributed by atoms with van der Waals surface area (Å²) in [7, 11) is 0. The van der Waals surface area contributed by atoms with Gasteiger partial charge in [0.2, 0.25) is 0 Å². The summed E-state index contributed by atoms with van der Waals surface area (Å²) in [6, 6.07) is 7.22. The normalized spacial score (nSPS) is 28.5. The number of piperidine rings is 1. The van der Waals surface area contributed by atoms with Gasteiger partial charge in [-0.15, -0.1) is 0 Å². The number of alkyl halides is 1. The number of rotatable bonds is 2. The van der Waals surface area contributed by atoms with Crippen molar-refractivity contribution in [3.63, 3.8) is 0 Å². The van der Waals surface area contributed by atoms with Crippen LogP contribution in [0.4, 0.5) is 5.69 Å². The molecular weight excluding hydrogens is 354 g/mol. The summed E-state index contributed by atoms with van der Waals surface area (Å²) in [6.07, 6.45) is 1.34. The monoisotopic (exact) mass is 373 g/mol. The van der Waals surface area contributed by atoms with Crippen molar-refractivity contribution in [3.8, 4) is 0 Å². The Hall–Kier alpha value is -0.0200. The fraction of sp³-hybridized carbons (Fsp3) is 0.600. The van der Waals surface area contributed by atoms with E-state index < -0.39 is 0 Å². The maximum atomic E-state index is 3.61. The van der Waals surface area contributed by atoms with Crippen LogP contribution in [0, 0.1) is 11.8 Å². The molecule has 0 N–H and O–H groups in total. The van der Waals surface area contributed by atoms with E-state index in [1.165, 1.54) is 28.7 Å². The van der Waals surface area contributed by atoms with Crippen LogP contribution >= 0.6 is 31.9 Å². The van der Waals surface area contributed by atoms with Crippen LogP contribution in [-0.4, -0.2) is 12.6 Å². The van der Waals surface area contributed by atoms with Gasteiger partial charge in [-0.1, -0.05) is 51.8 Å². The molecule has 1 aromatic rings. The molecule has 1 aliphatic heterocycles. The second-order valence-corrected chi connectivity index (χ2v) is 7.09. The number of hydrogen-bond donors (Lipinski definition) is 0. The third-order valence-electron chi connectivity index (χ3n) is 4.10. The molecule has 1 saturated heterocycles. The number of anilines is 1. The van der Waals surface area contributed by atoms with Crippen LogP contribution in [0.15, 0.2) is 22.7 Å². The van der Waals surface area contributed by atoms with E-state index in [2.05, 4.69) is 75.7 Å². The molecule has 1 aliphatic rings. The number of benzene rings is 1. The zero-order valence-corrected chi connectivity index (χ0v) is 14.5. The summed E-state index contributed by atoms with van der Waals surface area (Å²) < 4.78 is 1.17. The lowest BCUT2D eigenvalue weighted by Gasteiger charge is -2.43. The summed E-state index contributed by atoms with van der Waals surface area (Å²) in [6.45, 7) is 8.26. The molecule has 3 unspecified atom stereocenters. The van der Waals surface area contributed by atoms with Gasteiger partial charge in [0, 0.05) is 28.1 Å². The molecule has 0 radical (unpaired) electrons. The number of hydrogen-bond acceptors (Lipinski definition) is 1. The van der Waals surface area contributed by atoms with Crippen molar-refractivity contribution in [1.82, 2.24) is 0 Å². The molecule has 0 spiro atoms. The van der Waals surface area contributed by atoms with E-state index >= 15 is 0 Å². The Kier molecular flexibility index (Phi) is 4.76. The molecular formula is C15H21Br2N. The molecule has 3 heteroatoms. The van der Waals surface area contributed by atoms with Crippen LogP contribution in [0.5, 0.6) is 0 Å². The standard InChI is InChI=1S/C15H21Br2N/c1-10-6-11(2)12(3)18(9-10)15-7-14(17)5-4-13(15)8-16/h4-5,7,10-12H,6,8-9H2,1-3H3. The Morgan fingerprint density at radius 2 is 2.00 bits per heavy atom. The topological polar surface area (TPSA) is 3.24 Å². The molecule has 2 rings (SSSR count). The lowest BCUT2D eigenvalue weighted by atomic mass is 9.85. The maximum Gasteiger partial charge on any atom is 0.0421 e. The van der Waals surface area contributed by atoms with Crippen LogP contribution in [-0.2, 0) is 5.33 Å². The molecule has 0 aliphatic carbocycles. The molecule has 18 heavy (non-hydrogen) atoms. The van der Waals surface area contributed by atoms with E-state index in [9.17, 15) is 0 Å². The highest BCUT2D eigenvalue weighted by Gasteiger charge is 2.29. The minimum absolute atomic E-state index is 0.619. The molecule has 0 amide bonds. The summed E-state index contributed by atoms with van der Waals surface area (Å²) in [5.41, 5.74) is 2.76. The van der Waals surface area contributed by atoms with Gasteiger partial charge >= 0.3 is 0 Å². The molecule has 100 valence electrons. The Balaban J connectivity index is 2.37. The van der Waals surface area contributed by atoms with E-state index in [1.807, 2.05) is 0 Å². The predicted molar refractivity (Wildman–Crippen MR) is 86.5 cm³/mol. The highest BCUT2D eigenvalue weighted by atomic mass is 79.9. The largest absolute Gasteiger partial charge is 0.368 e. The predicted octanol–water partition coefficient (Wildman–Crippen LogP) is 5.21. The molecule has 0 saturated carbocycles. The minimum atomic E-state index is 0.619. The third kappa shape index (κ3) is 2.93. The van der Waals surface area contributed by atoms with Crippen molar-refractivity contribution in [1.29, 1.82) is 0 Å². The van der Waals surface area contributed by atoms with Crippen molar-refractivity contribution < 1.29 is 0 Å². The van der Waals surface area contributed by atoms with Gasteiger partial charge in [0.15, 0.2) is 0 Å². The Morgan fingerprint density at radius 1 is 1.28 bits per heavy atom. The van der Waals surface area contributed by atoms with E-state index in [-0.39, 0.29) is 0 Å². The van der Waals surface area contributed by atoms with Gasteiger partial charge in [0.25, 0.3) is 0 Å². The summed E-state index contributed by atoms with van der Waals surface area (Å²) >= 11 is 7.21. The Bertz CT molecular complexity index is 419. The lowest BCUT2D eigenvalue weighted by molar-refractivity contribution is 0.296. The number of halogens is 2. The zero-order valence-electron chi connectivity index (χ0n) is 11.3. The fourth-order valence-corrected chi connectivity index (χ4v) is 3.77. The minimum Gasteiger partial charge on any atom is -0.368 e. The van der Waals surface area contributed by atoms with Gasteiger partial charge < -0.3 is 4.90 Å². The molecule has 1 aromatic carbocycles. The smallest absolute Gasteiger partial charge is 0.0421 e. The van der Waals surface area contributed by atoms with Crippen LogP contribution < -0.4 is 4.90 Å². The van der Waals surface area contributed by atoms with Crippen molar-refractivity contribution >= 4 is 37.5 Å². The van der Waals surface area contributed by atoms with Crippen molar-refractivity contribution in [2.24, 2.45) is 11.8 Å². The molecule has 0 bridgehead atoms. The van der Waals surface area contributed by atoms with Gasteiger partial charge in [-0.05, 0) is 42.9 Å². The first kappa shape index (κ1) is 14.4. The molecule has 1 heterocycles. The summed E-state index contributed by atoms with van der Waals surface area (Å²) in [5.74, 6) is 1.54. The van der Waals surface area contributed by atoms with Gasteiger partial charge in [0.1, 0.15) is 0 Å². The average Bonchev–Trinajstić information content (AvgIpc) is 2.33. The van der Waals surface area contributed by atoms with Crippen LogP contribution in [0.1, 0.15) is 32.8 Å². The molecule has 1 fully saturated rings. The lowest BCUT2D eigenvalue weighted by Crippen LogP contribution is -2.46. The van der Waals surface area contributed by atoms with Gasteiger partial charge in [-0.2, -0.15) is 0 Å². The first-order valence-electron chi connectivity index (χ1n) is 6.64. The van der Waals surface area contributed by atoms with Crippen LogP contribution in [0.2, 0.25) is 0 Å². The third-order valence-corrected chi connectivity index (χ3v) is 5.20. The van der Waals surface area contributed by atoms with Gasteiger partial charge in [0.05, 0.1) is 0 Å². The van der Waals surface area contributed by atoms with Crippen LogP contribution in [0.3, 0.4) is 0 Å². The number of nitrogens with zero attached hydrogens (tertiary/aromatic N) is 1. The van der Waals surface area contributed by atoms with E-state index in [4.69, 9.17) is 0 Å². The first-order chi connectivity index (χ1) is 8.52. The maximum absolute atomic E-state index is 3.61. The molecule has 1 nitrogen and oxygen atoms in total. The Morgan fingerprint density at radius 3 is 2.67 bits per heavy atom. The highest BCUT2D eigenvalue weighted by Crippen LogP contribution is 2.35. The Labute approximate surface area is 127 Å². The fourth-order valence-electron chi connectivity index (χ4n) is 2.95. The van der Waals surface area contributed by atoms with Crippen molar-refractivity contribution in [2.45, 2.75) is 38.6 Å². The van der Waals surface area contributed by atoms with Crippen LogP contribution in [0.25, 0.3) is 0 Å². The van der Waals surface area contributed by atoms with E-state index in [0.29, 0.717) is 6.04 Å². The summed E-state index contributed by atoms with van der Waals surface area (Å²) in [5, 5.41) is 0.918. The average molecular weight is 375 g/mol.